The van der Waals surface area contributed by atoms with Gasteiger partial charge in [0.2, 0.25) is 0 Å². The third-order valence-electron chi connectivity index (χ3n) is 5.28. The summed E-state index contributed by atoms with van der Waals surface area (Å²) in [7, 11) is -3.20. The number of benzene rings is 2. The Labute approximate surface area is 167 Å². The van der Waals surface area contributed by atoms with E-state index >= 15 is 0 Å². The van der Waals surface area contributed by atoms with E-state index in [0.29, 0.717) is 29.0 Å². The Bertz CT molecular complexity index is 950. The summed E-state index contributed by atoms with van der Waals surface area (Å²) in [4.78, 5) is 12.9. The number of carbonyl (C=O) groups excluding carboxylic acids is 1. The minimum atomic E-state index is -3.20. The number of hydrogen-bond acceptors (Lipinski definition) is 4. The van der Waals surface area contributed by atoms with Gasteiger partial charge in [-0.3, -0.25) is 4.79 Å². The fourth-order valence-electron chi connectivity index (χ4n) is 3.60. The van der Waals surface area contributed by atoms with Gasteiger partial charge in [0.15, 0.2) is 9.84 Å². The lowest BCUT2D eigenvalue weighted by Crippen LogP contribution is -2.33. The average Bonchev–Trinajstić information content (AvgIpc) is 2.71. The highest BCUT2D eigenvalue weighted by atomic mass is 32.2. The molecule has 2 N–H and O–H groups in total. The number of hydrogen-bond donors (Lipinski definition) is 2. The summed E-state index contributed by atoms with van der Waals surface area (Å²) >= 11 is 0. The van der Waals surface area contributed by atoms with Gasteiger partial charge in [-0.2, -0.15) is 0 Å². The van der Waals surface area contributed by atoms with Gasteiger partial charge in [0.1, 0.15) is 0 Å². The Morgan fingerprint density at radius 2 is 1.89 bits per heavy atom. The maximum Gasteiger partial charge on any atom is 0.251 e. The molecule has 0 saturated heterocycles. The van der Waals surface area contributed by atoms with Crippen LogP contribution in [0.1, 0.15) is 53.9 Å². The molecule has 0 saturated carbocycles. The molecule has 0 aliphatic carbocycles. The first-order valence-corrected chi connectivity index (χ1v) is 11.4. The van der Waals surface area contributed by atoms with Crippen molar-refractivity contribution in [2.75, 3.05) is 12.3 Å². The lowest BCUT2D eigenvalue weighted by molar-refractivity contribution is 0.0950. The van der Waals surface area contributed by atoms with Gasteiger partial charge in [0, 0.05) is 18.2 Å². The molecule has 0 bridgehead atoms. The summed E-state index contributed by atoms with van der Waals surface area (Å²) in [6.07, 6.45) is 0.924. The number of fused-ring (bicyclic) bond motifs is 1. The van der Waals surface area contributed by atoms with E-state index < -0.39 is 9.84 Å². The van der Waals surface area contributed by atoms with Gasteiger partial charge in [0.25, 0.3) is 5.91 Å². The first-order chi connectivity index (χ1) is 13.3. The lowest BCUT2D eigenvalue weighted by atomic mass is 9.87. The van der Waals surface area contributed by atoms with Gasteiger partial charge in [-0.15, -0.1) is 0 Å². The Morgan fingerprint density at radius 3 is 2.54 bits per heavy atom. The van der Waals surface area contributed by atoms with E-state index in [1.165, 1.54) is 11.1 Å². The van der Waals surface area contributed by atoms with Crippen molar-refractivity contribution in [1.29, 1.82) is 0 Å². The summed E-state index contributed by atoms with van der Waals surface area (Å²) in [5.41, 5.74) is 4.04. The molecule has 1 aliphatic heterocycles. The van der Waals surface area contributed by atoms with E-state index in [-0.39, 0.29) is 11.7 Å². The number of carbonyl (C=O) groups is 1. The van der Waals surface area contributed by atoms with Crippen LogP contribution in [0.15, 0.2) is 47.4 Å². The van der Waals surface area contributed by atoms with Crippen LogP contribution in [0.25, 0.3) is 0 Å². The fourth-order valence-corrected chi connectivity index (χ4v) is 4.48. The van der Waals surface area contributed by atoms with Gasteiger partial charge < -0.3 is 10.6 Å². The monoisotopic (exact) mass is 400 g/mol. The zero-order chi connectivity index (χ0) is 20.3. The van der Waals surface area contributed by atoms with Crippen molar-refractivity contribution in [2.45, 2.75) is 44.7 Å². The second kappa shape index (κ2) is 8.45. The maximum atomic E-state index is 12.6. The second-order valence-corrected chi connectivity index (χ2v) is 9.85. The molecular weight excluding hydrogens is 372 g/mol. The van der Waals surface area contributed by atoms with Crippen LogP contribution in [0.5, 0.6) is 0 Å². The van der Waals surface area contributed by atoms with Crippen molar-refractivity contribution in [3.05, 3.63) is 64.7 Å². The molecule has 150 valence electrons. The SMILES string of the molecule is CCS(=O)(=O)c1ccc(CNC(=O)c2ccc3c(c2)CCNC3C(C)C)cc1. The van der Waals surface area contributed by atoms with Gasteiger partial charge in [-0.25, -0.2) is 8.42 Å². The molecule has 2 aromatic rings. The van der Waals surface area contributed by atoms with Crippen LogP contribution in [-0.4, -0.2) is 26.6 Å². The highest BCUT2D eigenvalue weighted by Gasteiger charge is 2.23. The van der Waals surface area contributed by atoms with Gasteiger partial charge in [-0.05, 0) is 59.8 Å². The van der Waals surface area contributed by atoms with Crippen LogP contribution in [-0.2, 0) is 22.8 Å². The quantitative estimate of drug-likeness (QED) is 0.780. The molecule has 5 nitrogen and oxygen atoms in total. The molecule has 0 fully saturated rings. The predicted octanol–water partition coefficient (Wildman–Crippen LogP) is 3.25. The first kappa shape index (κ1) is 20.6. The maximum absolute atomic E-state index is 12.6. The minimum absolute atomic E-state index is 0.0780. The van der Waals surface area contributed by atoms with E-state index in [1.54, 1.807) is 31.2 Å². The van der Waals surface area contributed by atoms with Gasteiger partial charge in [0.05, 0.1) is 10.6 Å². The van der Waals surface area contributed by atoms with Crippen molar-refractivity contribution < 1.29 is 13.2 Å². The smallest absolute Gasteiger partial charge is 0.251 e. The van der Waals surface area contributed by atoms with Crippen molar-refractivity contribution in [1.82, 2.24) is 10.6 Å². The molecule has 1 atom stereocenters. The molecule has 0 aromatic heterocycles. The zero-order valence-corrected chi connectivity index (χ0v) is 17.5. The number of nitrogens with one attached hydrogen (secondary N) is 2. The number of rotatable bonds is 6. The van der Waals surface area contributed by atoms with E-state index in [4.69, 9.17) is 0 Å². The van der Waals surface area contributed by atoms with Gasteiger partial charge in [-0.1, -0.05) is 39.0 Å². The van der Waals surface area contributed by atoms with E-state index in [9.17, 15) is 13.2 Å². The largest absolute Gasteiger partial charge is 0.348 e. The van der Waals surface area contributed by atoms with Crippen molar-refractivity contribution >= 4 is 15.7 Å². The van der Waals surface area contributed by atoms with E-state index in [1.807, 2.05) is 12.1 Å². The molecule has 28 heavy (non-hydrogen) atoms. The van der Waals surface area contributed by atoms with Crippen LogP contribution in [0.3, 0.4) is 0 Å². The minimum Gasteiger partial charge on any atom is -0.348 e. The molecule has 0 radical (unpaired) electrons. The van der Waals surface area contributed by atoms with Crippen LogP contribution in [0.2, 0.25) is 0 Å². The molecular formula is C22H28N2O3S. The molecule has 1 unspecified atom stereocenters. The van der Waals surface area contributed by atoms with Crippen LogP contribution < -0.4 is 10.6 Å². The molecule has 1 heterocycles. The molecule has 0 spiro atoms. The first-order valence-electron chi connectivity index (χ1n) is 9.78. The molecule has 2 aromatic carbocycles. The normalized spacial score (nSPS) is 16.6. The van der Waals surface area contributed by atoms with Crippen LogP contribution >= 0.6 is 0 Å². The summed E-state index contributed by atoms with van der Waals surface area (Å²) in [5, 5.41) is 6.47. The molecule has 6 heteroatoms. The average molecular weight is 401 g/mol. The van der Waals surface area contributed by atoms with Gasteiger partial charge >= 0.3 is 0 Å². The van der Waals surface area contributed by atoms with E-state index in [0.717, 1.165) is 18.5 Å². The Balaban J connectivity index is 1.67. The number of sulfone groups is 1. The fraction of sp³-hybridized carbons (Fsp3) is 0.409. The summed E-state index contributed by atoms with van der Waals surface area (Å²) < 4.78 is 23.7. The number of amides is 1. The Morgan fingerprint density at radius 1 is 1.18 bits per heavy atom. The Kier molecular flexibility index (Phi) is 6.20. The standard InChI is InChI=1S/C22H28N2O3S/c1-4-28(26,27)19-8-5-16(6-9-19)14-24-22(25)18-7-10-20-17(13-18)11-12-23-21(20)15(2)3/h5-10,13,15,21,23H,4,11-12,14H2,1-3H3,(H,24,25). The Hall–Kier alpha value is -2.18. The topological polar surface area (TPSA) is 75.3 Å². The highest BCUT2D eigenvalue weighted by molar-refractivity contribution is 7.91. The molecule has 1 amide bonds. The predicted molar refractivity (Wildman–Crippen MR) is 111 cm³/mol. The molecule has 3 rings (SSSR count). The summed E-state index contributed by atoms with van der Waals surface area (Å²) in [6.45, 7) is 7.31. The summed E-state index contributed by atoms with van der Waals surface area (Å²) in [6, 6.07) is 13.0. The van der Waals surface area contributed by atoms with Crippen molar-refractivity contribution in [3.63, 3.8) is 0 Å². The second-order valence-electron chi connectivity index (χ2n) is 7.57. The van der Waals surface area contributed by atoms with Crippen LogP contribution in [0, 0.1) is 5.92 Å². The van der Waals surface area contributed by atoms with Crippen LogP contribution in [0.4, 0.5) is 0 Å². The highest BCUT2D eigenvalue weighted by Crippen LogP contribution is 2.29. The zero-order valence-electron chi connectivity index (χ0n) is 16.7. The molecule has 1 aliphatic rings. The lowest BCUT2D eigenvalue weighted by Gasteiger charge is -2.30. The summed E-state index contributed by atoms with van der Waals surface area (Å²) in [5.74, 6) is 0.458. The third-order valence-corrected chi connectivity index (χ3v) is 7.03. The van der Waals surface area contributed by atoms with E-state index in [2.05, 4.69) is 30.5 Å². The van der Waals surface area contributed by atoms with Crippen molar-refractivity contribution in [3.8, 4) is 0 Å². The third kappa shape index (κ3) is 4.45. The van der Waals surface area contributed by atoms with Crippen molar-refractivity contribution in [2.24, 2.45) is 5.92 Å².